The van der Waals surface area contributed by atoms with E-state index in [0.29, 0.717) is 19.5 Å². The molecule has 0 spiro atoms. The maximum Gasteiger partial charge on any atom is 0.345 e. The zero-order valence-corrected chi connectivity index (χ0v) is 12.6. The van der Waals surface area contributed by atoms with E-state index in [4.69, 9.17) is 38.3 Å². The summed E-state index contributed by atoms with van der Waals surface area (Å²) < 4.78 is 19.5. The van der Waals surface area contributed by atoms with Crippen LogP contribution >= 0.6 is 30.9 Å². The van der Waals surface area contributed by atoms with Crippen LogP contribution in [0.3, 0.4) is 0 Å². The SMILES string of the molecule is NC(=O)NO[C@@H]1CCO[P@@](=O)(N(CCCl)CCCl)N1. The van der Waals surface area contributed by atoms with Crippen LogP contribution in [0.15, 0.2) is 0 Å². The number of carbonyl (C=O) groups excluding carboxylic acids is 1. The van der Waals surface area contributed by atoms with E-state index in [1.54, 1.807) is 0 Å². The molecule has 11 heteroatoms. The molecule has 8 nitrogen and oxygen atoms in total. The third kappa shape index (κ3) is 5.43. The molecular formula is C8H17Cl2N4O4P. The molecule has 1 heterocycles. The van der Waals surface area contributed by atoms with Crippen molar-refractivity contribution in [3.05, 3.63) is 0 Å². The summed E-state index contributed by atoms with van der Waals surface area (Å²) >= 11 is 11.3. The Balaban J connectivity index is 2.62. The lowest BCUT2D eigenvalue weighted by molar-refractivity contribution is -0.0331. The highest BCUT2D eigenvalue weighted by molar-refractivity contribution is 7.54. The minimum atomic E-state index is -3.28. The predicted molar refractivity (Wildman–Crippen MR) is 71.9 cm³/mol. The molecule has 0 bridgehead atoms. The quantitative estimate of drug-likeness (QED) is 0.361. The molecule has 1 fully saturated rings. The van der Waals surface area contributed by atoms with Gasteiger partial charge in [0.2, 0.25) is 0 Å². The van der Waals surface area contributed by atoms with Crippen LogP contribution in [0, 0.1) is 0 Å². The van der Waals surface area contributed by atoms with Gasteiger partial charge in [-0.3, -0.25) is 9.40 Å². The summed E-state index contributed by atoms with van der Waals surface area (Å²) in [5, 5.41) is 2.70. The fraction of sp³-hybridized carbons (Fsp3) is 0.875. The molecule has 0 aromatic rings. The minimum Gasteiger partial charge on any atom is -0.350 e. The number of rotatable bonds is 7. The van der Waals surface area contributed by atoms with E-state index >= 15 is 0 Å². The van der Waals surface area contributed by atoms with Gasteiger partial charge in [-0.25, -0.2) is 20.0 Å². The first-order valence-electron chi connectivity index (χ1n) is 5.62. The van der Waals surface area contributed by atoms with Gasteiger partial charge in [0, 0.05) is 31.3 Å². The third-order valence-corrected chi connectivity index (χ3v) is 4.94. The number of carbonyl (C=O) groups is 1. The summed E-state index contributed by atoms with van der Waals surface area (Å²) in [6.07, 6.45) is -0.236. The highest BCUT2D eigenvalue weighted by Crippen LogP contribution is 2.49. The zero-order valence-electron chi connectivity index (χ0n) is 10.2. The first-order chi connectivity index (χ1) is 9.01. The number of halogens is 2. The first kappa shape index (κ1) is 17.0. The highest BCUT2D eigenvalue weighted by atomic mass is 35.5. The van der Waals surface area contributed by atoms with E-state index in [1.807, 2.05) is 5.48 Å². The first-order valence-corrected chi connectivity index (χ1v) is 8.27. The van der Waals surface area contributed by atoms with Gasteiger partial charge in [-0.15, -0.1) is 23.2 Å². The molecule has 112 valence electrons. The van der Waals surface area contributed by atoms with Crippen LogP contribution in [0.5, 0.6) is 0 Å². The Morgan fingerprint density at radius 3 is 2.68 bits per heavy atom. The van der Waals surface area contributed by atoms with Gasteiger partial charge >= 0.3 is 13.7 Å². The molecule has 1 aliphatic heterocycles. The van der Waals surface area contributed by atoms with Crippen molar-refractivity contribution < 1.29 is 18.7 Å². The Morgan fingerprint density at radius 2 is 2.16 bits per heavy atom. The van der Waals surface area contributed by atoms with E-state index in [2.05, 4.69) is 5.09 Å². The second-order valence-corrected chi connectivity index (χ2v) is 6.55. The average Bonchev–Trinajstić information content (AvgIpc) is 2.36. The molecule has 0 radical (unpaired) electrons. The smallest absolute Gasteiger partial charge is 0.345 e. The molecule has 2 atom stereocenters. The maximum absolute atomic E-state index is 12.6. The van der Waals surface area contributed by atoms with Crippen LogP contribution in [0.25, 0.3) is 0 Å². The molecule has 0 aromatic carbocycles. The number of nitrogens with two attached hydrogens (primary N) is 1. The molecule has 0 aliphatic carbocycles. The number of nitrogens with zero attached hydrogens (tertiary/aromatic N) is 1. The zero-order chi connectivity index (χ0) is 14.3. The lowest BCUT2D eigenvalue weighted by Crippen LogP contribution is -2.46. The Bertz CT molecular complexity index is 343. The van der Waals surface area contributed by atoms with Gasteiger partial charge < -0.3 is 10.3 Å². The molecule has 1 rings (SSSR count). The Hall–Kier alpha value is -0.0800. The summed E-state index contributed by atoms with van der Waals surface area (Å²) in [5.41, 5.74) is 6.87. The number of hydrogen-bond acceptors (Lipinski definition) is 4. The Morgan fingerprint density at radius 1 is 1.53 bits per heavy atom. The molecule has 4 N–H and O–H groups in total. The number of primary amides is 1. The number of nitrogens with one attached hydrogen (secondary N) is 2. The van der Waals surface area contributed by atoms with E-state index < -0.39 is 19.9 Å². The van der Waals surface area contributed by atoms with Gasteiger partial charge in [-0.1, -0.05) is 0 Å². The topological polar surface area (TPSA) is 106 Å². The largest absolute Gasteiger partial charge is 0.350 e. The van der Waals surface area contributed by atoms with Crippen molar-refractivity contribution in [2.24, 2.45) is 5.73 Å². The molecule has 1 saturated heterocycles. The van der Waals surface area contributed by atoms with Crippen LogP contribution in [0.2, 0.25) is 0 Å². The van der Waals surface area contributed by atoms with E-state index in [1.165, 1.54) is 4.67 Å². The monoisotopic (exact) mass is 334 g/mol. The number of urea groups is 1. The summed E-state index contributed by atoms with van der Waals surface area (Å²) in [4.78, 5) is 15.5. The van der Waals surface area contributed by atoms with Crippen LogP contribution in [-0.4, -0.2) is 48.4 Å². The van der Waals surface area contributed by atoms with Crippen molar-refractivity contribution in [2.45, 2.75) is 12.6 Å². The average molecular weight is 335 g/mol. The van der Waals surface area contributed by atoms with Crippen molar-refractivity contribution in [2.75, 3.05) is 31.5 Å². The van der Waals surface area contributed by atoms with Gasteiger partial charge in [0.1, 0.15) is 6.23 Å². The second-order valence-electron chi connectivity index (χ2n) is 3.68. The number of amides is 2. The summed E-state index contributed by atoms with van der Waals surface area (Å²) in [6.45, 7) is 0.930. The molecule has 0 saturated carbocycles. The van der Waals surface area contributed by atoms with Crippen LogP contribution < -0.4 is 16.3 Å². The second kappa shape index (κ2) is 8.26. The molecule has 0 unspecified atom stereocenters. The summed E-state index contributed by atoms with van der Waals surface area (Å²) in [7, 11) is -3.28. The summed E-state index contributed by atoms with van der Waals surface area (Å²) in [5.74, 6) is 0.577. The lowest BCUT2D eigenvalue weighted by Gasteiger charge is -2.36. The molecule has 2 amide bonds. The Labute approximate surface area is 121 Å². The van der Waals surface area contributed by atoms with Crippen molar-refractivity contribution in [3.8, 4) is 0 Å². The fourth-order valence-electron chi connectivity index (χ4n) is 1.52. The van der Waals surface area contributed by atoms with Crippen molar-refractivity contribution in [1.82, 2.24) is 15.2 Å². The van der Waals surface area contributed by atoms with Gasteiger partial charge in [-0.05, 0) is 0 Å². The van der Waals surface area contributed by atoms with Crippen LogP contribution in [-0.2, 0) is 13.9 Å². The fourth-order valence-corrected chi connectivity index (χ4v) is 4.19. The van der Waals surface area contributed by atoms with E-state index in [0.717, 1.165) is 0 Å². The lowest BCUT2D eigenvalue weighted by atomic mass is 10.4. The van der Waals surface area contributed by atoms with Crippen molar-refractivity contribution in [3.63, 3.8) is 0 Å². The molecule has 1 aliphatic rings. The van der Waals surface area contributed by atoms with E-state index in [9.17, 15) is 9.36 Å². The molecule has 0 aromatic heterocycles. The minimum absolute atomic E-state index is 0.219. The predicted octanol–water partition coefficient (Wildman–Crippen LogP) is 0.810. The standard InChI is InChI=1S/C8H17Cl2N4O4P/c9-2-4-14(5-3-10)19(16)13-7(1-6-17-19)18-12-8(11)15/h7H,1-6H2,(H,13,16)(H3,11,12,15)/t7-,19-/m1/s1. The van der Waals surface area contributed by atoms with Gasteiger partial charge in [0.05, 0.1) is 6.61 Å². The van der Waals surface area contributed by atoms with Crippen molar-refractivity contribution in [1.29, 1.82) is 0 Å². The molecule has 19 heavy (non-hydrogen) atoms. The van der Waals surface area contributed by atoms with Gasteiger partial charge in [0.25, 0.3) is 0 Å². The highest BCUT2D eigenvalue weighted by Gasteiger charge is 2.38. The number of alkyl halides is 2. The van der Waals surface area contributed by atoms with Crippen LogP contribution in [0.1, 0.15) is 6.42 Å². The van der Waals surface area contributed by atoms with Gasteiger partial charge in [-0.2, -0.15) is 0 Å². The number of hydrogen-bond donors (Lipinski definition) is 3. The third-order valence-electron chi connectivity index (χ3n) is 2.31. The summed E-state index contributed by atoms with van der Waals surface area (Å²) in [6, 6.07) is -0.832. The molecular weight excluding hydrogens is 318 g/mol. The maximum atomic E-state index is 12.6. The normalized spacial score (nSPS) is 27.4. The van der Waals surface area contributed by atoms with Crippen molar-refractivity contribution >= 4 is 36.9 Å². The Kier molecular flexibility index (Phi) is 7.38. The van der Waals surface area contributed by atoms with Crippen LogP contribution in [0.4, 0.5) is 4.79 Å². The van der Waals surface area contributed by atoms with E-state index in [-0.39, 0.29) is 18.4 Å². The number of hydroxylamine groups is 1. The van der Waals surface area contributed by atoms with Gasteiger partial charge in [0.15, 0.2) is 0 Å².